The summed E-state index contributed by atoms with van der Waals surface area (Å²) in [5, 5.41) is 3.59. The first kappa shape index (κ1) is 15.4. The molecule has 1 atom stereocenters. The first-order chi connectivity index (χ1) is 10.3. The first-order valence-electron chi connectivity index (χ1n) is 7.29. The van der Waals surface area contributed by atoms with Gasteiger partial charge in [-0.25, -0.2) is 0 Å². The smallest absolute Gasteiger partial charge is 0.122 e. The fourth-order valence-corrected chi connectivity index (χ4v) is 2.36. The van der Waals surface area contributed by atoms with Crippen LogP contribution in [0.4, 0.5) is 0 Å². The SMILES string of the molecule is CCCNC(c1ccccc1)c1cc(OC)cc(OC)c1. The molecule has 3 heteroatoms. The maximum Gasteiger partial charge on any atom is 0.122 e. The van der Waals surface area contributed by atoms with Crippen LogP contribution in [-0.4, -0.2) is 20.8 Å². The second-order valence-electron chi connectivity index (χ2n) is 4.94. The van der Waals surface area contributed by atoms with Crippen molar-refractivity contribution in [3.63, 3.8) is 0 Å². The molecule has 112 valence electrons. The number of methoxy groups -OCH3 is 2. The molecule has 0 aliphatic heterocycles. The van der Waals surface area contributed by atoms with Crippen LogP contribution in [0.3, 0.4) is 0 Å². The quantitative estimate of drug-likeness (QED) is 0.839. The Morgan fingerprint density at radius 3 is 2.05 bits per heavy atom. The first-order valence-corrected chi connectivity index (χ1v) is 7.29. The van der Waals surface area contributed by atoms with Crippen molar-refractivity contribution in [3.8, 4) is 11.5 Å². The fourth-order valence-electron chi connectivity index (χ4n) is 2.36. The van der Waals surface area contributed by atoms with Gasteiger partial charge >= 0.3 is 0 Å². The van der Waals surface area contributed by atoms with E-state index in [0.717, 1.165) is 30.0 Å². The molecule has 0 bridgehead atoms. The van der Waals surface area contributed by atoms with Crippen LogP contribution in [0.2, 0.25) is 0 Å². The second kappa shape index (κ2) is 7.70. The van der Waals surface area contributed by atoms with Gasteiger partial charge in [-0.05, 0) is 36.2 Å². The molecular weight excluding hydrogens is 262 g/mol. The van der Waals surface area contributed by atoms with Crippen LogP contribution in [0.1, 0.15) is 30.5 Å². The Labute approximate surface area is 126 Å². The lowest BCUT2D eigenvalue weighted by atomic mass is 9.98. The molecule has 0 saturated carbocycles. The van der Waals surface area contributed by atoms with Crippen LogP contribution in [0.25, 0.3) is 0 Å². The molecule has 0 spiro atoms. The van der Waals surface area contributed by atoms with Crippen molar-refractivity contribution in [3.05, 3.63) is 59.7 Å². The second-order valence-corrected chi connectivity index (χ2v) is 4.94. The molecule has 0 radical (unpaired) electrons. The van der Waals surface area contributed by atoms with E-state index >= 15 is 0 Å². The topological polar surface area (TPSA) is 30.5 Å². The van der Waals surface area contributed by atoms with Gasteiger partial charge in [-0.15, -0.1) is 0 Å². The van der Waals surface area contributed by atoms with Crippen molar-refractivity contribution in [1.29, 1.82) is 0 Å². The summed E-state index contributed by atoms with van der Waals surface area (Å²) in [6, 6.07) is 16.6. The molecule has 0 heterocycles. The van der Waals surface area contributed by atoms with Crippen molar-refractivity contribution in [2.45, 2.75) is 19.4 Å². The number of ether oxygens (including phenoxy) is 2. The molecule has 1 N–H and O–H groups in total. The molecule has 2 aromatic rings. The van der Waals surface area contributed by atoms with E-state index in [4.69, 9.17) is 9.47 Å². The van der Waals surface area contributed by atoms with Gasteiger partial charge in [0.15, 0.2) is 0 Å². The molecule has 3 nitrogen and oxygen atoms in total. The largest absolute Gasteiger partial charge is 0.497 e. The van der Waals surface area contributed by atoms with Crippen LogP contribution in [0.5, 0.6) is 11.5 Å². The Bertz CT molecular complexity index is 532. The van der Waals surface area contributed by atoms with Crippen molar-refractivity contribution < 1.29 is 9.47 Å². The molecule has 0 aliphatic carbocycles. The molecule has 2 rings (SSSR count). The monoisotopic (exact) mass is 285 g/mol. The lowest BCUT2D eigenvalue weighted by molar-refractivity contribution is 0.392. The molecule has 0 saturated heterocycles. The van der Waals surface area contributed by atoms with Crippen molar-refractivity contribution in [1.82, 2.24) is 5.32 Å². The Balaban J connectivity index is 2.40. The number of hydrogen-bond donors (Lipinski definition) is 1. The highest BCUT2D eigenvalue weighted by atomic mass is 16.5. The van der Waals surface area contributed by atoms with E-state index in [-0.39, 0.29) is 6.04 Å². The summed E-state index contributed by atoms with van der Waals surface area (Å²) in [6.45, 7) is 3.13. The zero-order valence-corrected chi connectivity index (χ0v) is 12.9. The van der Waals surface area contributed by atoms with Gasteiger partial charge in [-0.3, -0.25) is 0 Å². The summed E-state index contributed by atoms with van der Waals surface area (Å²) in [5.41, 5.74) is 2.38. The normalized spacial score (nSPS) is 12.0. The number of benzene rings is 2. The van der Waals surface area contributed by atoms with Gasteiger partial charge in [0.05, 0.1) is 20.3 Å². The van der Waals surface area contributed by atoms with Gasteiger partial charge in [0, 0.05) is 6.07 Å². The highest BCUT2D eigenvalue weighted by Crippen LogP contribution is 2.29. The molecule has 0 aromatic heterocycles. The highest BCUT2D eigenvalue weighted by Gasteiger charge is 2.15. The maximum atomic E-state index is 5.38. The zero-order chi connectivity index (χ0) is 15.1. The average molecular weight is 285 g/mol. The molecule has 21 heavy (non-hydrogen) atoms. The van der Waals surface area contributed by atoms with E-state index in [2.05, 4.69) is 48.6 Å². The average Bonchev–Trinajstić information content (AvgIpc) is 2.55. The Hall–Kier alpha value is -2.00. The molecular formula is C18H23NO2. The Morgan fingerprint density at radius 2 is 1.52 bits per heavy atom. The van der Waals surface area contributed by atoms with Crippen LogP contribution in [-0.2, 0) is 0 Å². The number of nitrogens with one attached hydrogen (secondary N) is 1. The lowest BCUT2D eigenvalue weighted by Gasteiger charge is -2.21. The third-order valence-corrected chi connectivity index (χ3v) is 3.44. The minimum atomic E-state index is 0.134. The van der Waals surface area contributed by atoms with Gasteiger partial charge in [0.1, 0.15) is 11.5 Å². The standard InChI is InChI=1S/C18H23NO2/c1-4-10-19-18(14-8-6-5-7-9-14)15-11-16(20-2)13-17(12-15)21-3/h5-9,11-13,18-19H,4,10H2,1-3H3. The predicted octanol–water partition coefficient (Wildman–Crippen LogP) is 3.79. The van der Waals surface area contributed by atoms with Gasteiger partial charge in [-0.2, -0.15) is 0 Å². The third kappa shape index (κ3) is 3.99. The summed E-state index contributed by atoms with van der Waals surface area (Å²) >= 11 is 0. The third-order valence-electron chi connectivity index (χ3n) is 3.44. The summed E-state index contributed by atoms with van der Waals surface area (Å²) in [4.78, 5) is 0. The van der Waals surface area contributed by atoms with Crippen LogP contribution in [0, 0.1) is 0 Å². The van der Waals surface area contributed by atoms with Crippen molar-refractivity contribution in [2.75, 3.05) is 20.8 Å². The van der Waals surface area contributed by atoms with E-state index in [1.807, 2.05) is 12.1 Å². The summed E-state index contributed by atoms with van der Waals surface area (Å²) in [7, 11) is 3.35. The minimum Gasteiger partial charge on any atom is -0.497 e. The van der Waals surface area contributed by atoms with Crippen LogP contribution in [0.15, 0.2) is 48.5 Å². The van der Waals surface area contributed by atoms with E-state index < -0.39 is 0 Å². The molecule has 1 unspecified atom stereocenters. The lowest BCUT2D eigenvalue weighted by Crippen LogP contribution is -2.23. The van der Waals surface area contributed by atoms with Gasteiger partial charge in [0.2, 0.25) is 0 Å². The van der Waals surface area contributed by atoms with E-state index in [1.54, 1.807) is 14.2 Å². The Kier molecular flexibility index (Phi) is 5.64. The molecule has 0 amide bonds. The van der Waals surface area contributed by atoms with Crippen molar-refractivity contribution in [2.24, 2.45) is 0 Å². The molecule has 2 aromatic carbocycles. The predicted molar refractivity (Wildman–Crippen MR) is 86.1 cm³/mol. The van der Waals surface area contributed by atoms with Crippen LogP contribution >= 0.6 is 0 Å². The number of hydrogen-bond acceptors (Lipinski definition) is 3. The Morgan fingerprint density at radius 1 is 0.905 bits per heavy atom. The van der Waals surface area contributed by atoms with Gasteiger partial charge in [-0.1, -0.05) is 37.3 Å². The molecule has 0 fully saturated rings. The number of rotatable bonds is 7. The van der Waals surface area contributed by atoms with Gasteiger partial charge < -0.3 is 14.8 Å². The van der Waals surface area contributed by atoms with Gasteiger partial charge in [0.25, 0.3) is 0 Å². The summed E-state index contributed by atoms with van der Waals surface area (Å²) < 4.78 is 10.8. The summed E-state index contributed by atoms with van der Waals surface area (Å²) in [5.74, 6) is 1.62. The minimum absolute atomic E-state index is 0.134. The van der Waals surface area contributed by atoms with Crippen LogP contribution < -0.4 is 14.8 Å². The maximum absolute atomic E-state index is 5.38. The van der Waals surface area contributed by atoms with Crippen molar-refractivity contribution >= 4 is 0 Å². The summed E-state index contributed by atoms with van der Waals surface area (Å²) in [6.07, 6.45) is 1.09. The van der Waals surface area contributed by atoms with E-state index in [0.29, 0.717) is 0 Å². The molecule has 0 aliphatic rings. The fraction of sp³-hybridized carbons (Fsp3) is 0.333. The van der Waals surface area contributed by atoms with E-state index in [9.17, 15) is 0 Å². The zero-order valence-electron chi connectivity index (χ0n) is 12.9. The highest BCUT2D eigenvalue weighted by molar-refractivity contribution is 5.43. The van der Waals surface area contributed by atoms with E-state index in [1.165, 1.54) is 5.56 Å².